The van der Waals surface area contributed by atoms with E-state index in [1.807, 2.05) is 0 Å². The Balaban J connectivity index is 1.84. The molecule has 0 saturated heterocycles. The molecule has 0 aromatic heterocycles. The van der Waals surface area contributed by atoms with Gasteiger partial charge in [-0.15, -0.1) is 0 Å². The number of nitro groups is 1. The summed E-state index contributed by atoms with van der Waals surface area (Å²) in [6.45, 7) is 0. The van der Waals surface area contributed by atoms with Gasteiger partial charge in [-0.2, -0.15) is 13.7 Å². The molecule has 0 unspecified atom stereocenters. The zero-order valence-corrected chi connectivity index (χ0v) is 19.3. The van der Waals surface area contributed by atoms with Gasteiger partial charge in [-0.05, 0) is 35.9 Å². The number of halogens is 2. The average molecular weight is 518 g/mol. The van der Waals surface area contributed by atoms with Crippen LogP contribution in [0.1, 0.15) is 5.56 Å². The molecule has 9 nitrogen and oxygen atoms in total. The molecule has 0 aliphatic carbocycles. The average Bonchev–Trinajstić information content (AvgIpc) is 2.80. The third-order valence-electron chi connectivity index (χ3n) is 4.25. The minimum absolute atomic E-state index is 0.0308. The van der Waals surface area contributed by atoms with Crippen molar-refractivity contribution in [1.82, 2.24) is 0 Å². The summed E-state index contributed by atoms with van der Waals surface area (Å²) in [5.41, 5.74) is -0.542. The number of non-ortho nitro benzene ring substituents is 1. The van der Waals surface area contributed by atoms with E-state index in [0.29, 0.717) is 5.56 Å². The minimum atomic E-state index is -4.08. The molecule has 1 amide bonds. The quantitative estimate of drug-likeness (QED) is 0.149. The lowest BCUT2D eigenvalue weighted by atomic mass is 10.1. The van der Waals surface area contributed by atoms with Crippen LogP contribution in [0.15, 0.2) is 77.2 Å². The molecule has 12 heteroatoms. The highest BCUT2D eigenvalue weighted by molar-refractivity contribution is 7.87. The van der Waals surface area contributed by atoms with Crippen molar-refractivity contribution >= 4 is 56.7 Å². The molecule has 0 saturated carbocycles. The van der Waals surface area contributed by atoms with Crippen LogP contribution < -0.4 is 9.50 Å². The third kappa shape index (κ3) is 5.90. The lowest BCUT2D eigenvalue weighted by Crippen LogP contribution is -2.14. The first kappa shape index (κ1) is 24.7. The van der Waals surface area contributed by atoms with Crippen molar-refractivity contribution in [3.05, 3.63) is 98.0 Å². The number of hydrogen-bond acceptors (Lipinski definition) is 7. The normalized spacial score (nSPS) is 11.4. The Hall–Kier alpha value is -3.91. The first-order chi connectivity index (χ1) is 16.1. The summed E-state index contributed by atoms with van der Waals surface area (Å²) in [7, 11) is -4.08. The molecule has 34 heavy (non-hydrogen) atoms. The number of anilines is 1. The number of nitrogens with zero attached hydrogens (tertiary/aromatic N) is 2. The maximum Gasteiger partial charge on any atom is 0.339 e. The van der Waals surface area contributed by atoms with Gasteiger partial charge >= 0.3 is 10.1 Å². The Kier molecular flexibility index (Phi) is 7.53. The second-order valence-corrected chi connectivity index (χ2v) is 8.95. The van der Waals surface area contributed by atoms with Crippen molar-refractivity contribution in [3.8, 4) is 11.8 Å². The molecule has 3 rings (SSSR count). The van der Waals surface area contributed by atoms with Crippen LogP contribution in [-0.2, 0) is 14.9 Å². The van der Waals surface area contributed by atoms with E-state index in [4.69, 9.17) is 27.4 Å². The summed E-state index contributed by atoms with van der Waals surface area (Å²) in [5, 5.41) is 22.3. The summed E-state index contributed by atoms with van der Waals surface area (Å²) in [6.07, 6.45) is 1.20. The maximum absolute atomic E-state index is 12.6. The van der Waals surface area contributed by atoms with Crippen molar-refractivity contribution in [2.75, 3.05) is 5.32 Å². The predicted molar refractivity (Wildman–Crippen MR) is 126 cm³/mol. The van der Waals surface area contributed by atoms with E-state index in [1.54, 1.807) is 24.3 Å². The lowest BCUT2D eigenvalue weighted by Gasteiger charge is -2.09. The number of nitriles is 1. The van der Waals surface area contributed by atoms with Crippen LogP contribution in [0.5, 0.6) is 5.75 Å². The van der Waals surface area contributed by atoms with Gasteiger partial charge in [0.05, 0.1) is 20.7 Å². The van der Waals surface area contributed by atoms with Gasteiger partial charge in [-0.25, -0.2) is 0 Å². The number of amides is 1. The molecule has 0 aliphatic rings. The second kappa shape index (κ2) is 10.4. The molecule has 3 aromatic carbocycles. The number of carbonyl (C=O) groups is 1. The number of nitro benzene ring substituents is 1. The van der Waals surface area contributed by atoms with E-state index < -0.39 is 20.9 Å². The molecule has 1 N–H and O–H groups in total. The van der Waals surface area contributed by atoms with Crippen LogP contribution >= 0.6 is 23.2 Å². The summed E-state index contributed by atoms with van der Waals surface area (Å²) in [4.78, 5) is 22.7. The predicted octanol–water partition coefficient (Wildman–Crippen LogP) is 5.21. The van der Waals surface area contributed by atoms with E-state index in [-0.39, 0.29) is 37.6 Å². The first-order valence-corrected chi connectivity index (χ1v) is 11.4. The maximum atomic E-state index is 12.6. The number of carbonyl (C=O) groups excluding carboxylic acids is 1. The Morgan fingerprint density at radius 2 is 1.71 bits per heavy atom. The molecule has 0 radical (unpaired) electrons. The zero-order chi connectivity index (χ0) is 24.9. The molecule has 0 heterocycles. The van der Waals surface area contributed by atoms with Crippen molar-refractivity contribution in [2.24, 2.45) is 0 Å². The second-order valence-electron chi connectivity index (χ2n) is 6.59. The van der Waals surface area contributed by atoms with Crippen LogP contribution in [0.25, 0.3) is 6.08 Å². The van der Waals surface area contributed by atoms with Gasteiger partial charge in [-0.1, -0.05) is 53.5 Å². The van der Waals surface area contributed by atoms with Gasteiger partial charge in [0, 0.05) is 12.1 Å². The van der Waals surface area contributed by atoms with E-state index >= 15 is 0 Å². The highest BCUT2D eigenvalue weighted by Crippen LogP contribution is 2.35. The van der Waals surface area contributed by atoms with Crippen LogP contribution in [0, 0.1) is 21.4 Å². The van der Waals surface area contributed by atoms with Gasteiger partial charge in [0.25, 0.3) is 11.6 Å². The van der Waals surface area contributed by atoms with Crippen LogP contribution in [-0.4, -0.2) is 19.2 Å². The Labute approximate surface area is 204 Å². The van der Waals surface area contributed by atoms with Crippen molar-refractivity contribution in [2.45, 2.75) is 4.90 Å². The van der Waals surface area contributed by atoms with Crippen molar-refractivity contribution in [1.29, 1.82) is 5.26 Å². The zero-order valence-electron chi connectivity index (χ0n) is 16.9. The van der Waals surface area contributed by atoms with Gasteiger partial charge in [0.1, 0.15) is 22.3 Å². The highest BCUT2D eigenvalue weighted by atomic mass is 35.5. The van der Waals surface area contributed by atoms with E-state index in [9.17, 15) is 28.6 Å². The van der Waals surface area contributed by atoms with Gasteiger partial charge < -0.3 is 9.50 Å². The topological polar surface area (TPSA) is 139 Å². The fraction of sp³-hybridized carbons (Fsp3) is 0. The number of hydrogen-bond donors (Lipinski definition) is 1. The molecule has 0 spiro atoms. The van der Waals surface area contributed by atoms with E-state index in [2.05, 4.69) is 5.32 Å². The first-order valence-electron chi connectivity index (χ1n) is 9.27. The fourth-order valence-corrected chi connectivity index (χ4v) is 4.21. The molecule has 0 bridgehead atoms. The Bertz CT molecular complexity index is 1430. The standard InChI is InChI=1S/C22H13Cl2N3O6S/c23-19-11-16(27(29)30)12-20(24)21(19)26-22(28)15(13-25)9-14-5-4-6-17(10-14)33-34(31,32)18-7-2-1-3-8-18/h1-12H,(H,26,28)/b15-9+. The molecule has 0 aliphatic heterocycles. The molecule has 0 atom stereocenters. The molecule has 0 fully saturated rings. The summed E-state index contributed by atoms with van der Waals surface area (Å²) in [5.74, 6) is -0.917. The summed E-state index contributed by atoms with van der Waals surface area (Å²) >= 11 is 12.0. The SMILES string of the molecule is N#C/C(=C\c1cccc(OS(=O)(=O)c2ccccc2)c1)C(=O)Nc1c(Cl)cc([N+](=O)[O-])cc1Cl. The number of benzene rings is 3. The van der Waals surface area contributed by atoms with Crippen molar-refractivity contribution in [3.63, 3.8) is 0 Å². The number of nitrogens with one attached hydrogen (secondary N) is 1. The Morgan fingerprint density at radius 1 is 1.06 bits per heavy atom. The smallest absolute Gasteiger partial charge is 0.339 e. The largest absolute Gasteiger partial charge is 0.379 e. The monoisotopic (exact) mass is 517 g/mol. The van der Waals surface area contributed by atoms with E-state index in [1.165, 1.54) is 42.5 Å². The number of rotatable bonds is 7. The van der Waals surface area contributed by atoms with Crippen LogP contribution in [0.3, 0.4) is 0 Å². The molecular weight excluding hydrogens is 505 g/mol. The van der Waals surface area contributed by atoms with Crippen LogP contribution in [0.4, 0.5) is 11.4 Å². The van der Waals surface area contributed by atoms with Crippen molar-refractivity contribution < 1.29 is 22.3 Å². The summed E-state index contributed by atoms with van der Waals surface area (Å²) in [6, 6.07) is 17.0. The Morgan fingerprint density at radius 3 is 2.29 bits per heavy atom. The minimum Gasteiger partial charge on any atom is -0.379 e. The van der Waals surface area contributed by atoms with Gasteiger partial charge in [0.2, 0.25) is 0 Å². The third-order valence-corrected chi connectivity index (χ3v) is 6.11. The highest BCUT2D eigenvalue weighted by Gasteiger charge is 2.19. The lowest BCUT2D eigenvalue weighted by molar-refractivity contribution is -0.384. The van der Waals surface area contributed by atoms with Gasteiger partial charge in [-0.3, -0.25) is 14.9 Å². The molecule has 172 valence electrons. The molecular formula is C22H13Cl2N3O6S. The van der Waals surface area contributed by atoms with Crippen LogP contribution in [0.2, 0.25) is 10.0 Å². The molecule has 3 aromatic rings. The van der Waals surface area contributed by atoms with E-state index in [0.717, 1.165) is 12.1 Å². The van der Waals surface area contributed by atoms with Gasteiger partial charge in [0.15, 0.2) is 0 Å². The fourth-order valence-electron chi connectivity index (χ4n) is 2.70. The summed E-state index contributed by atoms with van der Waals surface area (Å²) < 4.78 is 30.0.